The Morgan fingerprint density at radius 3 is 2.58 bits per heavy atom. The number of benzene rings is 1. The molecule has 4 rings (SSSR count). The molecule has 136 valence electrons. The Hall–Kier alpha value is -2.25. The number of aryl methyl sites for hydroxylation is 1. The van der Waals surface area contributed by atoms with Gasteiger partial charge in [-0.15, -0.1) is 11.3 Å². The van der Waals surface area contributed by atoms with E-state index >= 15 is 0 Å². The highest BCUT2D eigenvalue weighted by Crippen LogP contribution is 2.39. The molecule has 2 aromatic heterocycles. The molecule has 1 fully saturated rings. The van der Waals surface area contributed by atoms with Gasteiger partial charge in [0, 0.05) is 67.5 Å². The largest absolute Gasteiger partial charge is 0.368 e. The highest BCUT2D eigenvalue weighted by Gasteiger charge is 2.24. The number of anilines is 1. The van der Waals surface area contributed by atoms with Crippen LogP contribution >= 0.6 is 11.3 Å². The molecule has 0 unspecified atom stereocenters. The summed E-state index contributed by atoms with van der Waals surface area (Å²) in [6.07, 6.45) is 1.85. The summed E-state index contributed by atoms with van der Waals surface area (Å²) in [5.41, 5.74) is 3.27. The van der Waals surface area contributed by atoms with Gasteiger partial charge < -0.3 is 9.42 Å². The van der Waals surface area contributed by atoms with Crippen molar-refractivity contribution in [2.45, 2.75) is 26.8 Å². The first-order valence-electron chi connectivity index (χ1n) is 8.96. The van der Waals surface area contributed by atoms with Crippen molar-refractivity contribution in [1.82, 2.24) is 20.0 Å². The van der Waals surface area contributed by atoms with Crippen molar-refractivity contribution in [2.75, 3.05) is 31.1 Å². The van der Waals surface area contributed by atoms with Gasteiger partial charge in [-0.1, -0.05) is 17.3 Å². The fourth-order valence-electron chi connectivity index (χ4n) is 3.45. The molecule has 0 radical (unpaired) electrons. The highest BCUT2D eigenvalue weighted by atomic mass is 32.1. The van der Waals surface area contributed by atoms with Crippen LogP contribution in [0.3, 0.4) is 0 Å². The van der Waals surface area contributed by atoms with Gasteiger partial charge in [0.2, 0.25) is 11.7 Å². The van der Waals surface area contributed by atoms with Crippen LogP contribution in [0.25, 0.3) is 22.0 Å². The predicted octanol–water partition coefficient (Wildman–Crippen LogP) is 3.70. The molecule has 0 spiro atoms. The maximum absolute atomic E-state index is 5.22. The van der Waals surface area contributed by atoms with Gasteiger partial charge in [-0.2, -0.15) is 4.98 Å². The minimum absolute atomic E-state index is 0.570. The van der Waals surface area contributed by atoms with Crippen LogP contribution in [0.2, 0.25) is 0 Å². The van der Waals surface area contributed by atoms with Gasteiger partial charge in [-0.3, -0.25) is 4.90 Å². The molecule has 1 aliphatic rings. The van der Waals surface area contributed by atoms with Crippen molar-refractivity contribution in [1.29, 1.82) is 0 Å². The molecule has 1 saturated heterocycles. The summed E-state index contributed by atoms with van der Waals surface area (Å²) < 4.78 is 5.22. The second-order valence-corrected chi connectivity index (χ2v) is 7.69. The number of piperazine rings is 1. The standard InChI is InChI=1S/C19H23N5OS/c1-13(2)23-8-10-24(11-9-23)16-6-4-5-15(18-21-14(3)25-22-18)17(16)19-20-7-12-26-19/h4-7,12-13H,8-11H2,1-3H3. The molecule has 0 bridgehead atoms. The zero-order valence-corrected chi connectivity index (χ0v) is 16.2. The van der Waals surface area contributed by atoms with Crippen molar-refractivity contribution in [3.05, 3.63) is 35.7 Å². The van der Waals surface area contributed by atoms with Crippen LogP contribution < -0.4 is 4.90 Å². The summed E-state index contributed by atoms with van der Waals surface area (Å²) in [6.45, 7) is 10.5. The lowest BCUT2D eigenvalue weighted by Crippen LogP contribution is -2.49. The minimum atomic E-state index is 0.570. The second-order valence-electron chi connectivity index (χ2n) is 6.79. The van der Waals surface area contributed by atoms with Gasteiger partial charge in [-0.25, -0.2) is 4.98 Å². The third-order valence-corrected chi connectivity index (χ3v) is 5.63. The summed E-state index contributed by atoms with van der Waals surface area (Å²) in [5.74, 6) is 1.19. The smallest absolute Gasteiger partial charge is 0.223 e. The van der Waals surface area contributed by atoms with Crippen LogP contribution in [0.1, 0.15) is 19.7 Å². The number of rotatable bonds is 4. The molecule has 26 heavy (non-hydrogen) atoms. The van der Waals surface area contributed by atoms with E-state index in [1.54, 1.807) is 11.3 Å². The Bertz CT molecular complexity index is 866. The zero-order chi connectivity index (χ0) is 18.1. The fourth-order valence-corrected chi connectivity index (χ4v) is 4.15. The Kier molecular flexibility index (Phi) is 4.74. The predicted molar refractivity (Wildman–Crippen MR) is 105 cm³/mol. The second kappa shape index (κ2) is 7.17. The summed E-state index contributed by atoms with van der Waals surface area (Å²) in [5, 5.41) is 7.14. The number of aromatic nitrogens is 3. The van der Waals surface area contributed by atoms with E-state index in [2.05, 4.69) is 57.0 Å². The van der Waals surface area contributed by atoms with Crippen molar-refractivity contribution in [3.63, 3.8) is 0 Å². The third-order valence-electron chi connectivity index (χ3n) is 4.84. The van der Waals surface area contributed by atoms with Crippen LogP contribution in [0.4, 0.5) is 5.69 Å². The maximum atomic E-state index is 5.22. The maximum Gasteiger partial charge on any atom is 0.223 e. The van der Waals surface area contributed by atoms with Gasteiger partial charge in [0.25, 0.3) is 0 Å². The Morgan fingerprint density at radius 1 is 1.15 bits per heavy atom. The van der Waals surface area contributed by atoms with Gasteiger partial charge in [0.05, 0.1) is 0 Å². The minimum Gasteiger partial charge on any atom is -0.368 e. The average molecular weight is 369 g/mol. The third kappa shape index (κ3) is 3.24. The average Bonchev–Trinajstić information content (AvgIpc) is 3.33. The molecule has 0 aliphatic carbocycles. The number of thiazole rings is 1. The van der Waals surface area contributed by atoms with E-state index < -0.39 is 0 Å². The molecule has 0 atom stereocenters. The van der Waals surface area contributed by atoms with Crippen molar-refractivity contribution in [2.24, 2.45) is 0 Å². The van der Waals surface area contributed by atoms with E-state index in [1.165, 1.54) is 5.69 Å². The van der Waals surface area contributed by atoms with Crippen LogP contribution in [0.15, 0.2) is 34.3 Å². The first-order chi connectivity index (χ1) is 12.6. The summed E-state index contributed by atoms with van der Waals surface area (Å²) in [6, 6.07) is 6.89. The molecule has 3 heterocycles. The zero-order valence-electron chi connectivity index (χ0n) is 15.3. The van der Waals surface area contributed by atoms with Gasteiger partial charge in [-0.05, 0) is 19.9 Å². The molecular formula is C19H23N5OS. The first-order valence-corrected chi connectivity index (χ1v) is 9.84. The van der Waals surface area contributed by atoms with E-state index in [0.29, 0.717) is 17.8 Å². The molecule has 7 heteroatoms. The van der Waals surface area contributed by atoms with E-state index in [4.69, 9.17) is 4.52 Å². The Labute approximate surface area is 157 Å². The number of nitrogens with zero attached hydrogens (tertiary/aromatic N) is 5. The fraction of sp³-hybridized carbons (Fsp3) is 0.421. The quantitative estimate of drug-likeness (QED) is 0.699. The Balaban J connectivity index is 1.76. The Morgan fingerprint density at radius 2 is 1.96 bits per heavy atom. The topological polar surface area (TPSA) is 58.3 Å². The van der Waals surface area contributed by atoms with Gasteiger partial charge >= 0.3 is 0 Å². The lowest BCUT2D eigenvalue weighted by Gasteiger charge is -2.38. The first kappa shape index (κ1) is 17.2. The molecule has 1 aromatic carbocycles. The highest BCUT2D eigenvalue weighted by molar-refractivity contribution is 7.13. The van der Waals surface area contributed by atoms with Gasteiger partial charge in [0.1, 0.15) is 5.01 Å². The lowest BCUT2D eigenvalue weighted by atomic mass is 10.0. The van der Waals surface area contributed by atoms with Crippen LogP contribution in [-0.4, -0.2) is 52.2 Å². The molecular weight excluding hydrogens is 346 g/mol. The van der Waals surface area contributed by atoms with E-state index in [1.807, 2.05) is 18.5 Å². The molecule has 0 N–H and O–H groups in total. The monoisotopic (exact) mass is 369 g/mol. The molecule has 0 amide bonds. The summed E-state index contributed by atoms with van der Waals surface area (Å²) in [4.78, 5) is 14.0. The molecule has 0 saturated carbocycles. The summed E-state index contributed by atoms with van der Waals surface area (Å²) in [7, 11) is 0. The normalized spacial score (nSPS) is 15.8. The molecule has 1 aliphatic heterocycles. The molecule has 6 nitrogen and oxygen atoms in total. The van der Waals surface area contributed by atoms with E-state index in [9.17, 15) is 0 Å². The lowest BCUT2D eigenvalue weighted by molar-refractivity contribution is 0.209. The van der Waals surface area contributed by atoms with Crippen molar-refractivity contribution < 1.29 is 4.52 Å². The van der Waals surface area contributed by atoms with Crippen molar-refractivity contribution >= 4 is 17.0 Å². The van der Waals surface area contributed by atoms with E-state index in [-0.39, 0.29) is 0 Å². The number of hydrogen-bond acceptors (Lipinski definition) is 7. The van der Waals surface area contributed by atoms with Crippen LogP contribution in [0, 0.1) is 6.92 Å². The van der Waals surface area contributed by atoms with E-state index in [0.717, 1.165) is 42.3 Å². The van der Waals surface area contributed by atoms with Crippen molar-refractivity contribution in [3.8, 4) is 22.0 Å². The van der Waals surface area contributed by atoms with Gasteiger partial charge in [0.15, 0.2) is 0 Å². The van der Waals surface area contributed by atoms with Crippen LogP contribution in [0.5, 0.6) is 0 Å². The SMILES string of the molecule is Cc1nc(-c2cccc(N3CCN(C(C)C)CC3)c2-c2nccs2)no1. The van der Waals surface area contributed by atoms with Crippen LogP contribution in [-0.2, 0) is 0 Å². The summed E-state index contributed by atoms with van der Waals surface area (Å²) >= 11 is 1.64. The number of hydrogen-bond donors (Lipinski definition) is 0. The molecule has 3 aromatic rings.